The summed E-state index contributed by atoms with van der Waals surface area (Å²) < 4.78 is 6.58. The Labute approximate surface area is 151 Å². The van der Waals surface area contributed by atoms with Crippen molar-refractivity contribution in [1.82, 2.24) is 4.98 Å². The number of aliphatic imine (C=N–C) groups is 1. The minimum Gasteiger partial charge on any atom is -0.508 e. The average Bonchev–Trinajstić information content (AvgIpc) is 3.13. The highest BCUT2D eigenvalue weighted by Crippen LogP contribution is 2.48. The van der Waals surface area contributed by atoms with E-state index < -0.39 is 0 Å². The zero-order valence-electron chi connectivity index (χ0n) is 12.8. The lowest BCUT2D eigenvalue weighted by Gasteiger charge is -2.08. The van der Waals surface area contributed by atoms with E-state index in [2.05, 4.69) is 25.9 Å². The van der Waals surface area contributed by atoms with Crippen molar-refractivity contribution in [2.24, 2.45) is 4.99 Å². The second-order valence-corrected chi connectivity index (χ2v) is 7.31. The summed E-state index contributed by atoms with van der Waals surface area (Å²) >= 11 is 5.21. The van der Waals surface area contributed by atoms with Crippen molar-refractivity contribution >= 4 is 38.6 Å². The summed E-state index contributed by atoms with van der Waals surface area (Å²) in [5.74, 6) is 1.08. The minimum atomic E-state index is 0.245. The summed E-state index contributed by atoms with van der Waals surface area (Å²) in [5.41, 5.74) is 4.16. The molecule has 0 aliphatic heterocycles. The van der Waals surface area contributed by atoms with Gasteiger partial charge in [0.15, 0.2) is 0 Å². The average molecular weight is 401 g/mol. The molecule has 3 aromatic rings. The molecule has 0 amide bonds. The van der Waals surface area contributed by atoms with Crippen molar-refractivity contribution in [2.45, 2.75) is 6.42 Å². The van der Waals surface area contributed by atoms with Crippen LogP contribution in [0.15, 0.2) is 45.9 Å². The van der Waals surface area contributed by atoms with Crippen LogP contribution in [0.25, 0.3) is 11.3 Å². The Morgan fingerprint density at radius 2 is 2.04 bits per heavy atom. The molecule has 0 radical (unpaired) electrons. The summed E-state index contributed by atoms with van der Waals surface area (Å²) in [7, 11) is 1.68. The quantitative estimate of drug-likeness (QED) is 0.495. The molecule has 6 heteroatoms. The molecule has 1 aliphatic rings. The largest absolute Gasteiger partial charge is 0.508 e. The minimum absolute atomic E-state index is 0.245. The predicted octanol–water partition coefficient (Wildman–Crippen LogP) is 4.94. The van der Waals surface area contributed by atoms with Crippen LogP contribution in [0.1, 0.15) is 16.0 Å². The van der Waals surface area contributed by atoms with Gasteiger partial charge < -0.3 is 9.84 Å². The molecule has 0 saturated heterocycles. The lowest BCUT2D eigenvalue weighted by atomic mass is 10.1. The van der Waals surface area contributed by atoms with Crippen molar-refractivity contribution in [3.63, 3.8) is 0 Å². The van der Waals surface area contributed by atoms with Crippen LogP contribution in [0.3, 0.4) is 0 Å². The number of nitrogens with zero attached hydrogens (tertiary/aromatic N) is 2. The van der Waals surface area contributed by atoms with Crippen molar-refractivity contribution in [3.8, 4) is 22.8 Å². The molecule has 2 aromatic carbocycles. The van der Waals surface area contributed by atoms with E-state index in [1.165, 1.54) is 10.4 Å². The molecule has 0 bridgehead atoms. The van der Waals surface area contributed by atoms with E-state index in [1.807, 2.05) is 24.3 Å². The summed E-state index contributed by atoms with van der Waals surface area (Å²) in [5, 5.41) is 10.0. The van der Waals surface area contributed by atoms with Crippen molar-refractivity contribution in [1.29, 1.82) is 0 Å². The number of methoxy groups -OCH3 is 1. The zero-order chi connectivity index (χ0) is 16.7. The molecular weight excluding hydrogens is 388 g/mol. The maximum Gasteiger partial charge on any atom is 0.209 e. The molecule has 24 heavy (non-hydrogen) atoms. The highest BCUT2D eigenvalue weighted by molar-refractivity contribution is 9.10. The molecule has 0 fully saturated rings. The highest BCUT2D eigenvalue weighted by atomic mass is 79.9. The topological polar surface area (TPSA) is 54.7 Å². The smallest absolute Gasteiger partial charge is 0.209 e. The molecule has 0 atom stereocenters. The number of phenolic OH excluding ortho intramolecular Hbond substituents is 1. The van der Waals surface area contributed by atoms with Crippen molar-refractivity contribution < 1.29 is 9.84 Å². The highest BCUT2D eigenvalue weighted by Gasteiger charge is 2.28. The van der Waals surface area contributed by atoms with Crippen LogP contribution in [0.5, 0.6) is 11.5 Å². The SMILES string of the molecule is COc1ccc(Br)c2c1-c1nc(N=Cc3ccc(O)cc3)sc1C2. The van der Waals surface area contributed by atoms with Crippen molar-refractivity contribution in [3.05, 3.63) is 56.9 Å². The maximum atomic E-state index is 9.32. The molecule has 0 saturated carbocycles. The molecular formula is C18H13BrN2O2S. The Bertz CT molecular complexity index is 948. The Morgan fingerprint density at radius 3 is 2.79 bits per heavy atom. The second-order valence-electron chi connectivity index (χ2n) is 5.40. The first kappa shape index (κ1) is 15.4. The molecule has 1 aliphatic carbocycles. The Balaban J connectivity index is 1.69. The van der Waals surface area contributed by atoms with E-state index in [0.29, 0.717) is 0 Å². The predicted molar refractivity (Wildman–Crippen MR) is 100.0 cm³/mol. The number of benzene rings is 2. The van der Waals surface area contributed by atoms with Gasteiger partial charge in [0.05, 0.1) is 12.8 Å². The Hall–Kier alpha value is -2.18. The van der Waals surface area contributed by atoms with E-state index in [9.17, 15) is 5.11 Å². The van der Waals surface area contributed by atoms with E-state index in [-0.39, 0.29) is 5.75 Å². The summed E-state index contributed by atoms with van der Waals surface area (Å²) in [6.07, 6.45) is 2.60. The normalized spacial score (nSPS) is 12.4. The van der Waals surface area contributed by atoms with Gasteiger partial charge >= 0.3 is 0 Å². The number of aromatic hydroxyl groups is 1. The first-order valence-corrected chi connectivity index (χ1v) is 8.95. The lowest BCUT2D eigenvalue weighted by molar-refractivity contribution is 0.416. The molecule has 4 nitrogen and oxygen atoms in total. The van der Waals surface area contributed by atoms with Crippen LogP contribution in [0.2, 0.25) is 0 Å². The fraction of sp³-hybridized carbons (Fsp3) is 0.111. The molecule has 0 unspecified atom stereocenters. The van der Waals surface area contributed by atoms with Crippen LogP contribution in [-0.4, -0.2) is 23.4 Å². The third kappa shape index (κ3) is 2.61. The lowest BCUT2D eigenvalue weighted by Crippen LogP contribution is -1.90. The van der Waals surface area contributed by atoms with Gasteiger partial charge in [-0.2, -0.15) is 0 Å². The number of phenols is 1. The zero-order valence-corrected chi connectivity index (χ0v) is 15.2. The fourth-order valence-corrected chi connectivity index (χ4v) is 4.16. The Morgan fingerprint density at radius 1 is 1.25 bits per heavy atom. The van der Waals surface area contributed by atoms with Crippen LogP contribution >= 0.6 is 27.3 Å². The number of ether oxygens (including phenoxy) is 1. The van der Waals surface area contributed by atoms with Gasteiger partial charge in [-0.1, -0.05) is 27.3 Å². The molecule has 0 spiro atoms. The maximum absolute atomic E-state index is 9.32. The number of aromatic nitrogens is 1. The number of hydrogen-bond acceptors (Lipinski definition) is 5. The van der Waals surface area contributed by atoms with Gasteiger partial charge in [0, 0.05) is 27.5 Å². The summed E-state index contributed by atoms with van der Waals surface area (Å²) in [6, 6.07) is 10.9. The fourth-order valence-electron chi connectivity index (χ4n) is 2.76. The van der Waals surface area contributed by atoms with Gasteiger partial charge in [0.1, 0.15) is 11.5 Å². The van der Waals surface area contributed by atoms with Gasteiger partial charge in [-0.15, -0.1) is 0 Å². The van der Waals surface area contributed by atoms with E-state index >= 15 is 0 Å². The number of thiazole rings is 1. The third-order valence-electron chi connectivity index (χ3n) is 3.91. The Kier molecular flexibility index (Phi) is 3.86. The van der Waals surface area contributed by atoms with E-state index in [4.69, 9.17) is 4.74 Å². The van der Waals surface area contributed by atoms with Gasteiger partial charge in [-0.3, -0.25) is 0 Å². The summed E-state index contributed by atoms with van der Waals surface area (Å²) in [6.45, 7) is 0. The molecule has 1 aromatic heterocycles. The number of rotatable bonds is 3. The standard InChI is InChI=1S/C18H13BrN2O2S/c1-23-14-7-6-13(19)12-8-15-17(16(12)14)21-18(24-15)20-9-10-2-4-11(22)5-3-10/h2-7,9,22H,8H2,1H3. The van der Waals surface area contributed by atoms with Crippen LogP contribution in [0.4, 0.5) is 5.13 Å². The van der Waals surface area contributed by atoms with Gasteiger partial charge in [0.2, 0.25) is 5.13 Å². The van der Waals surface area contributed by atoms with E-state index in [1.54, 1.807) is 36.8 Å². The van der Waals surface area contributed by atoms with Crippen molar-refractivity contribution in [2.75, 3.05) is 7.11 Å². The molecule has 120 valence electrons. The molecule has 4 rings (SSSR count). The van der Waals surface area contributed by atoms with Crippen LogP contribution in [0, 0.1) is 0 Å². The van der Waals surface area contributed by atoms with Crippen LogP contribution < -0.4 is 4.74 Å². The second kappa shape index (κ2) is 6.03. The van der Waals surface area contributed by atoms with Gasteiger partial charge in [0.25, 0.3) is 0 Å². The van der Waals surface area contributed by atoms with Gasteiger partial charge in [-0.05, 0) is 47.5 Å². The monoisotopic (exact) mass is 400 g/mol. The van der Waals surface area contributed by atoms with E-state index in [0.717, 1.165) is 38.6 Å². The number of fused-ring (bicyclic) bond motifs is 3. The third-order valence-corrected chi connectivity index (χ3v) is 5.62. The number of halogens is 1. The first-order chi connectivity index (χ1) is 11.7. The molecule has 1 heterocycles. The number of hydrogen-bond donors (Lipinski definition) is 1. The molecule has 1 N–H and O–H groups in total. The summed E-state index contributed by atoms with van der Waals surface area (Å²) in [4.78, 5) is 10.4. The van der Waals surface area contributed by atoms with Gasteiger partial charge in [-0.25, -0.2) is 9.98 Å². The first-order valence-electron chi connectivity index (χ1n) is 7.34. The van der Waals surface area contributed by atoms with Crippen LogP contribution in [-0.2, 0) is 6.42 Å².